The summed E-state index contributed by atoms with van der Waals surface area (Å²) in [6.45, 7) is 3.45. The summed E-state index contributed by atoms with van der Waals surface area (Å²) in [6.07, 6.45) is 0. The first-order valence-electron chi connectivity index (χ1n) is 14.3. The summed E-state index contributed by atoms with van der Waals surface area (Å²) < 4.78 is 5.85. The zero-order valence-electron chi connectivity index (χ0n) is 24.0. The monoisotopic (exact) mass is 607 g/mol. The maximum Gasteiger partial charge on any atom is 0.343 e. The second-order valence-corrected chi connectivity index (χ2v) is 11.9. The number of carbonyl (C=O) groups excluding carboxylic acids is 1. The van der Waals surface area contributed by atoms with Crippen LogP contribution in [-0.2, 0) is 0 Å². The van der Waals surface area contributed by atoms with Crippen LogP contribution in [0.15, 0.2) is 64.2 Å². The number of esters is 1. The third-order valence-corrected chi connectivity index (χ3v) is 9.42. The zero-order valence-corrected chi connectivity index (χ0v) is 24.0. The van der Waals surface area contributed by atoms with Crippen LogP contribution in [0.5, 0.6) is 34.5 Å². The Morgan fingerprint density at radius 1 is 0.543 bits per heavy atom. The molecule has 0 aliphatic carbocycles. The number of phenolic OH excluding ortho intramolecular Hbond substituents is 4. The normalized spacial score (nSPS) is 12.4. The molecule has 0 spiro atoms. The highest BCUT2D eigenvalue weighted by Crippen LogP contribution is 2.57. The minimum absolute atomic E-state index is 0.0193. The molecule has 0 saturated heterocycles. The van der Waals surface area contributed by atoms with Crippen LogP contribution in [0.3, 0.4) is 0 Å². The molecule has 0 aliphatic heterocycles. The van der Waals surface area contributed by atoms with E-state index in [0.29, 0.717) is 32.7 Å². The zero-order chi connectivity index (χ0) is 32.1. The molecule has 0 heterocycles. The van der Waals surface area contributed by atoms with Crippen molar-refractivity contribution >= 4 is 81.4 Å². The third-order valence-electron chi connectivity index (χ3n) is 9.42. The lowest BCUT2D eigenvalue weighted by atomic mass is 9.78. The summed E-state index contributed by atoms with van der Waals surface area (Å²) in [6, 6.07) is 12.9. The molecule has 0 bridgehead atoms. The number of benzene rings is 9. The molecule has 9 aromatic carbocycles. The Bertz CT molecular complexity index is 2950. The molecule has 9 heteroatoms. The fourth-order valence-corrected chi connectivity index (χ4v) is 7.76. The highest BCUT2D eigenvalue weighted by Gasteiger charge is 2.33. The smallest absolute Gasteiger partial charge is 0.343 e. The molecule has 0 fully saturated rings. The molecule has 46 heavy (non-hydrogen) atoms. The van der Waals surface area contributed by atoms with E-state index < -0.39 is 39.8 Å². The van der Waals surface area contributed by atoms with E-state index in [2.05, 4.69) is 0 Å². The second-order valence-electron chi connectivity index (χ2n) is 11.9. The van der Waals surface area contributed by atoms with Crippen molar-refractivity contribution in [1.29, 1.82) is 0 Å². The fourth-order valence-electron chi connectivity index (χ4n) is 7.76. The van der Waals surface area contributed by atoms with Crippen LogP contribution in [0, 0.1) is 13.8 Å². The number of phenols is 4. The van der Waals surface area contributed by atoms with Crippen molar-refractivity contribution in [2.75, 3.05) is 0 Å². The van der Waals surface area contributed by atoms with Gasteiger partial charge in [-0.1, -0.05) is 30.0 Å². The summed E-state index contributed by atoms with van der Waals surface area (Å²) in [5.41, 5.74) is -0.192. The average molecular weight is 608 g/mol. The molecule has 222 valence electrons. The van der Waals surface area contributed by atoms with E-state index in [1.54, 1.807) is 32.0 Å². The van der Waals surface area contributed by atoms with Crippen LogP contribution in [0.2, 0.25) is 0 Å². The molecule has 4 N–H and O–H groups in total. The van der Waals surface area contributed by atoms with Crippen LogP contribution in [0.1, 0.15) is 21.5 Å². The molecule has 0 saturated carbocycles. The van der Waals surface area contributed by atoms with E-state index >= 15 is 0 Å². The van der Waals surface area contributed by atoms with Gasteiger partial charge in [0.1, 0.15) is 28.7 Å². The van der Waals surface area contributed by atoms with Crippen LogP contribution in [0.4, 0.5) is 0 Å². The van der Waals surface area contributed by atoms with Crippen molar-refractivity contribution in [2.45, 2.75) is 13.8 Å². The van der Waals surface area contributed by atoms with Gasteiger partial charge in [-0.15, -0.1) is 0 Å². The molecule has 9 nitrogen and oxygen atoms in total. The van der Waals surface area contributed by atoms with Gasteiger partial charge in [-0.25, -0.2) is 4.79 Å². The Morgan fingerprint density at radius 2 is 1.00 bits per heavy atom. The average Bonchev–Trinajstić information content (AvgIpc) is 3.00. The Kier molecular flexibility index (Phi) is 4.66. The van der Waals surface area contributed by atoms with Crippen LogP contribution >= 0.6 is 0 Å². The standard InChI is InChI=1S/C37H20O9/c1-12-8-15(38)24-29-21(12)22-13(2)9-16(39)25-30(22)34-32-27(36(25)44)19(42)11-20(46-37(45)14-6-4-3-5-7-14)28(32)23-17(40)10-18(41)26(35(24)43)31(23)33(29)34/h3-11,38-42H,1-2H3/p-1. The van der Waals surface area contributed by atoms with Crippen LogP contribution in [-0.4, -0.2) is 26.4 Å². The molecule has 0 aromatic heterocycles. The van der Waals surface area contributed by atoms with Crippen molar-refractivity contribution in [2.24, 2.45) is 0 Å². The van der Waals surface area contributed by atoms with Crippen molar-refractivity contribution in [3.05, 3.63) is 91.7 Å². The Morgan fingerprint density at radius 3 is 1.65 bits per heavy atom. The summed E-state index contributed by atoms with van der Waals surface area (Å²) in [5.74, 6) is -3.52. The third kappa shape index (κ3) is 2.83. The lowest BCUT2D eigenvalue weighted by Crippen LogP contribution is -2.13. The lowest BCUT2D eigenvalue weighted by molar-refractivity contribution is -0.265. The summed E-state index contributed by atoms with van der Waals surface area (Å²) in [5, 5.41) is 60.5. The Labute approximate surface area is 256 Å². The number of ether oxygens (including phenoxy) is 1. The van der Waals surface area contributed by atoms with Crippen LogP contribution in [0.25, 0.3) is 75.4 Å². The van der Waals surface area contributed by atoms with Gasteiger partial charge in [0.05, 0.1) is 21.7 Å². The van der Waals surface area contributed by atoms with E-state index in [4.69, 9.17) is 4.74 Å². The largest absolute Gasteiger partial charge is 0.872 e. The number of aryl methyl sites for hydroxylation is 2. The number of aromatic hydroxyl groups is 4. The second kappa shape index (κ2) is 8.22. The SMILES string of the molecule is Cc1cc([O-])c2c(=O)c3c(O)cc(O)c4c5c(OC(=O)c6ccccc6)cc(O)c6c(=O)c7c(O)cc(C)c8c1c2c(c34)c(c78)c65. The Balaban J connectivity index is 1.70. The topological polar surface area (TPSA) is 164 Å². The van der Waals surface area contributed by atoms with Gasteiger partial charge >= 0.3 is 5.97 Å². The van der Waals surface area contributed by atoms with E-state index in [9.17, 15) is 39.9 Å². The number of hydrogen-bond acceptors (Lipinski definition) is 9. The minimum Gasteiger partial charge on any atom is -0.872 e. The molecule has 0 amide bonds. The predicted octanol–water partition coefficient (Wildman–Crippen LogP) is 5.96. The fraction of sp³-hybridized carbons (Fsp3) is 0.0541. The molecule has 0 radical (unpaired) electrons. The van der Waals surface area contributed by atoms with Gasteiger partial charge in [-0.2, -0.15) is 0 Å². The first-order valence-corrected chi connectivity index (χ1v) is 14.3. The number of hydrogen-bond donors (Lipinski definition) is 4. The molecule has 9 rings (SSSR count). The van der Waals surface area contributed by atoms with Gasteiger partial charge in [0.25, 0.3) is 0 Å². The summed E-state index contributed by atoms with van der Waals surface area (Å²) >= 11 is 0. The minimum atomic E-state index is -0.793. The predicted molar refractivity (Wildman–Crippen MR) is 173 cm³/mol. The molecule has 9 aromatic rings. The maximum atomic E-state index is 14.3. The first-order chi connectivity index (χ1) is 22.0. The lowest BCUT2D eigenvalue weighted by Gasteiger charge is -2.26. The van der Waals surface area contributed by atoms with E-state index in [1.165, 1.54) is 24.3 Å². The maximum absolute atomic E-state index is 14.3. The number of fused-ring (bicyclic) bond motifs is 2. The molecular formula is C37H19O9-. The van der Waals surface area contributed by atoms with Gasteiger partial charge in [-0.3, -0.25) is 9.59 Å². The number of rotatable bonds is 2. The number of carbonyl (C=O) groups is 1. The molecular weight excluding hydrogens is 588 g/mol. The van der Waals surface area contributed by atoms with E-state index in [0.717, 1.165) is 12.1 Å². The highest BCUT2D eigenvalue weighted by molar-refractivity contribution is 6.51. The van der Waals surface area contributed by atoms with Gasteiger partial charge in [0.15, 0.2) is 5.43 Å². The summed E-state index contributed by atoms with van der Waals surface area (Å²) in [4.78, 5) is 41.9. The Hall–Kier alpha value is -6.35. The molecule has 0 atom stereocenters. The van der Waals surface area contributed by atoms with Crippen molar-refractivity contribution in [3.63, 3.8) is 0 Å². The molecule has 0 unspecified atom stereocenters. The van der Waals surface area contributed by atoms with Crippen molar-refractivity contribution in [3.8, 4) is 34.5 Å². The van der Waals surface area contributed by atoms with E-state index in [1.807, 2.05) is 0 Å². The van der Waals surface area contributed by atoms with Gasteiger partial charge < -0.3 is 30.3 Å². The van der Waals surface area contributed by atoms with Crippen molar-refractivity contribution < 1.29 is 35.1 Å². The van der Waals surface area contributed by atoms with Crippen molar-refractivity contribution in [1.82, 2.24) is 0 Å². The quantitative estimate of drug-likeness (QED) is 0.0803. The first kappa shape index (κ1) is 26.1. The molecule has 0 aliphatic rings. The van der Waals surface area contributed by atoms with Gasteiger partial charge in [-0.05, 0) is 53.9 Å². The summed E-state index contributed by atoms with van der Waals surface area (Å²) in [7, 11) is 0. The highest BCUT2D eigenvalue weighted by atomic mass is 16.5. The van der Waals surface area contributed by atoms with Crippen LogP contribution < -0.4 is 20.7 Å². The van der Waals surface area contributed by atoms with E-state index in [-0.39, 0.29) is 70.9 Å². The van der Waals surface area contributed by atoms with Gasteiger partial charge in [0.2, 0.25) is 5.43 Å². The van der Waals surface area contributed by atoms with Gasteiger partial charge in [0, 0.05) is 60.6 Å².